The summed E-state index contributed by atoms with van der Waals surface area (Å²) >= 11 is 3.55. The lowest BCUT2D eigenvalue weighted by atomic mass is 10.2. The van der Waals surface area contributed by atoms with Gasteiger partial charge in [-0.3, -0.25) is 0 Å². The Balaban J connectivity index is 1.94. The van der Waals surface area contributed by atoms with E-state index >= 15 is 0 Å². The number of hydrogen-bond acceptors (Lipinski definition) is 3. The molecule has 3 heteroatoms. The zero-order chi connectivity index (χ0) is 12.8. The van der Waals surface area contributed by atoms with Gasteiger partial charge in [-0.05, 0) is 25.1 Å². The van der Waals surface area contributed by atoms with Crippen LogP contribution in [0, 0.1) is 18.8 Å². The Bertz CT molecular complexity index is 558. The van der Waals surface area contributed by atoms with E-state index in [1.165, 1.54) is 15.3 Å². The minimum atomic E-state index is -0.0801. The van der Waals surface area contributed by atoms with Gasteiger partial charge >= 0.3 is 0 Å². The first-order valence-electron chi connectivity index (χ1n) is 5.64. The average molecular weight is 274 g/mol. The summed E-state index contributed by atoms with van der Waals surface area (Å²) in [5.41, 5.74) is 2.28. The van der Waals surface area contributed by atoms with Crippen molar-refractivity contribution in [3.8, 4) is 11.8 Å². The van der Waals surface area contributed by atoms with Gasteiger partial charge in [0, 0.05) is 26.5 Å². The van der Waals surface area contributed by atoms with E-state index in [-0.39, 0.29) is 6.61 Å². The second-order valence-corrected chi connectivity index (χ2v) is 5.91. The highest BCUT2D eigenvalue weighted by Gasteiger charge is 1.99. The van der Waals surface area contributed by atoms with Crippen LogP contribution >= 0.6 is 23.1 Å². The van der Waals surface area contributed by atoms with E-state index in [1.54, 1.807) is 11.3 Å². The first-order valence-corrected chi connectivity index (χ1v) is 7.51. The van der Waals surface area contributed by atoms with Crippen molar-refractivity contribution < 1.29 is 5.11 Å². The van der Waals surface area contributed by atoms with Gasteiger partial charge in [0.1, 0.15) is 6.61 Å². The number of aliphatic hydroxyl groups excluding tert-OH is 1. The van der Waals surface area contributed by atoms with Gasteiger partial charge < -0.3 is 5.11 Å². The van der Waals surface area contributed by atoms with Gasteiger partial charge in [-0.25, -0.2) is 0 Å². The maximum absolute atomic E-state index is 8.63. The van der Waals surface area contributed by atoms with E-state index in [2.05, 4.69) is 49.1 Å². The van der Waals surface area contributed by atoms with E-state index in [0.717, 1.165) is 11.3 Å². The van der Waals surface area contributed by atoms with Crippen LogP contribution < -0.4 is 0 Å². The van der Waals surface area contributed by atoms with Crippen molar-refractivity contribution in [2.75, 3.05) is 6.61 Å². The molecule has 1 aromatic carbocycles. The summed E-state index contributed by atoms with van der Waals surface area (Å²) in [5, 5.41) is 10.7. The largest absolute Gasteiger partial charge is 0.384 e. The van der Waals surface area contributed by atoms with Crippen molar-refractivity contribution >= 4 is 23.1 Å². The van der Waals surface area contributed by atoms with Crippen LogP contribution in [0.25, 0.3) is 0 Å². The fraction of sp³-hybridized carbons (Fsp3) is 0.200. The minimum Gasteiger partial charge on any atom is -0.384 e. The molecule has 0 aliphatic heterocycles. The number of thioether (sulfide) groups is 1. The van der Waals surface area contributed by atoms with Crippen LogP contribution in [0.4, 0.5) is 0 Å². The number of benzene rings is 1. The van der Waals surface area contributed by atoms with Crippen LogP contribution in [0.2, 0.25) is 0 Å². The molecule has 0 saturated heterocycles. The monoisotopic (exact) mass is 274 g/mol. The van der Waals surface area contributed by atoms with E-state index in [1.807, 2.05) is 17.1 Å². The van der Waals surface area contributed by atoms with Crippen molar-refractivity contribution in [2.24, 2.45) is 0 Å². The average Bonchev–Trinajstić information content (AvgIpc) is 2.84. The van der Waals surface area contributed by atoms with Crippen molar-refractivity contribution in [1.29, 1.82) is 0 Å². The number of hydrogen-bond donors (Lipinski definition) is 1. The Hall–Kier alpha value is -1.21. The molecular weight excluding hydrogens is 260 g/mol. The van der Waals surface area contributed by atoms with E-state index in [4.69, 9.17) is 5.11 Å². The third kappa shape index (κ3) is 3.92. The van der Waals surface area contributed by atoms with Gasteiger partial charge in [0.15, 0.2) is 0 Å². The third-order valence-corrected chi connectivity index (χ3v) is 4.55. The van der Waals surface area contributed by atoms with Crippen LogP contribution in [-0.4, -0.2) is 11.7 Å². The molecule has 18 heavy (non-hydrogen) atoms. The minimum absolute atomic E-state index is 0.0801. The van der Waals surface area contributed by atoms with Crippen molar-refractivity contribution in [3.05, 3.63) is 51.7 Å². The van der Waals surface area contributed by atoms with E-state index < -0.39 is 0 Å². The molecule has 0 spiro atoms. The molecule has 0 radical (unpaired) electrons. The summed E-state index contributed by atoms with van der Waals surface area (Å²) in [6, 6.07) is 10.7. The summed E-state index contributed by atoms with van der Waals surface area (Å²) in [6.45, 7) is 2.02. The highest BCUT2D eigenvalue weighted by atomic mass is 32.2. The Morgan fingerprint density at radius 1 is 1.28 bits per heavy atom. The Morgan fingerprint density at radius 2 is 2.06 bits per heavy atom. The Morgan fingerprint density at radius 3 is 2.78 bits per heavy atom. The topological polar surface area (TPSA) is 20.2 Å². The molecule has 0 bridgehead atoms. The lowest BCUT2D eigenvalue weighted by Gasteiger charge is -1.99. The second-order valence-electron chi connectivity index (χ2n) is 3.86. The van der Waals surface area contributed by atoms with Crippen LogP contribution in [0.3, 0.4) is 0 Å². The summed E-state index contributed by atoms with van der Waals surface area (Å²) in [4.78, 5) is 2.60. The Kier molecular flexibility index (Phi) is 4.89. The SMILES string of the molecule is Cc1ccc(SCc2cc(C#CCO)cs2)cc1. The van der Waals surface area contributed by atoms with Gasteiger partial charge in [-0.15, -0.1) is 23.1 Å². The normalized spacial score (nSPS) is 9.89. The first kappa shape index (κ1) is 13.2. The maximum Gasteiger partial charge on any atom is 0.104 e. The molecular formula is C15H14OS2. The molecule has 0 atom stereocenters. The molecule has 1 aromatic heterocycles. The lowest BCUT2D eigenvalue weighted by molar-refractivity contribution is 0.350. The quantitative estimate of drug-likeness (QED) is 0.680. The molecule has 1 heterocycles. The molecule has 2 rings (SSSR count). The summed E-state index contributed by atoms with van der Waals surface area (Å²) < 4.78 is 0. The molecule has 1 N–H and O–H groups in total. The van der Waals surface area contributed by atoms with Crippen molar-refractivity contribution in [3.63, 3.8) is 0 Å². The Labute approximate surface area is 116 Å². The van der Waals surface area contributed by atoms with Crippen LogP contribution in [0.1, 0.15) is 16.0 Å². The van der Waals surface area contributed by atoms with E-state index in [0.29, 0.717) is 0 Å². The van der Waals surface area contributed by atoms with E-state index in [9.17, 15) is 0 Å². The molecule has 0 aliphatic carbocycles. The number of aryl methyl sites for hydroxylation is 1. The van der Waals surface area contributed by atoms with Gasteiger partial charge in [0.2, 0.25) is 0 Å². The predicted molar refractivity (Wildman–Crippen MR) is 79.0 cm³/mol. The maximum atomic E-state index is 8.63. The highest BCUT2D eigenvalue weighted by Crippen LogP contribution is 2.26. The summed E-state index contributed by atoms with van der Waals surface area (Å²) in [6.07, 6.45) is 0. The fourth-order valence-corrected chi connectivity index (χ4v) is 3.22. The molecule has 92 valence electrons. The zero-order valence-electron chi connectivity index (χ0n) is 10.1. The molecule has 0 unspecified atom stereocenters. The number of aliphatic hydroxyl groups is 1. The smallest absolute Gasteiger partial charge is 0.104 e. The molecule has 0 amide bonds. The van der Waals surface area contributed by atoms with Crippen LogP contribution in [0.5, 0.6) is 0 Å². The lowest BCUT2D eigenvalue weighted by Crippen LogP contribution is -1.76. The highest BCUT2D eigenvalue weighted by molar-refractivity contribution is 7.98. The van der Waals surface area contributed by atoms with Crippen molar-refractivity contribution in [1.82, 2.24) is 0 Å². The molecule has 2 aromatic rings. The second kappa shape index (κ2) is 6.65. The van der Waals surface area contributed by atoms with Crippen LogP contribution in [0.15, 0.2) is 40.6 Å². The fourth-order valence-electron chi connectivity index (χ4n) is 1.45. The molecule has 0 saturated carbocycles. The summed E-state index contributed by atoms with van der Waals surface area (Å²) in [5.74, 6) is 6.55. The summed E-state index contributed by atoms with van der Waals surface area (Å²) in [7, 11) is 0. The third-order valence-electron chi connectivity index (χ3n) is 2.37. The van der Waals surface area contributed by atoms with Gasteiger partial charge in [0.05, 0.1) is 0 Å². The predicted octanol–water partition coefficient (Wildman–Crippen LogP) is 3.69. The number of rotatable bonds is 3. The first-order chi connectivity index (χ1) is 8.78. The van der Waals surface area contributed by atoms with Gasteiger partial charge in [-0.1, -0.05) is 29.5 Å². The van der Waals surface area contributed by atoms with Gasteiger partial charge in [0.25, 0.3) is 0 Å². The molecule has 0 aliphatic rings. The van der Waals surface area contributed by atoms with Crippen LogP contribution in [-0.2, 0) is 5.75 Å². The van der Waals surface area contributed by atoms with Crippen molar-refractivity contribution in [2.45, 2.75) is 17.6 Å². The molecule has 0 fully saturated rings. The number of thiophene rings is 1. The molecule has 1 nitrogen and oxygen atoms in total. The standard InChI is InChI=1S/C15H14OS2/c1-12-4-6-14(7-5-12)18-11-15-9-13(10-17-15)3-2-8-16/h4-7,9-10,16H,8,11H2,1H3. The van der Waals surface area contributed by atoms with Gasteiger partial charge in [-0.2, -0.15) is 0 Å². The zero-order valence-corrected chi connectivity index (χ0v) is 11.8.